The summed E-state index contributed by atoms with van der Waals surface area (Å²) in [6.45, 7) is 1.56. The van der Waals surface area contributed by atoms with Crippen molar-refractivity contribution < 1.29 is 67.2 Å². The fourth-order valence-corrected chi connectivity index (χ4v) is 5.80. The van der Waals surface area contributed by atoms with Gasteiger partial charge in [0.1, 0.15) is 30.5 Å². The SMILES string of the molecule is CC(N)=[NH+][C@@H]1[C@@H](OP(=O)([O-])OP(=O)([O-])OC[C@H]2O[C@@H](n3ccc(=O)[nH]c3=O)[C@H](O)[C@@H]2O)O[C@@H](C)[C@@H](O)[C@H]1O. The number of hydrogen-bond donors (Lipinski definition) is 7. The summed E-state index contributed by atoms with van der Waals surface area (Å²) in [5, 5.41) is 40.5. The number of aromatic amines is 1. The Morgan fingerprint density at radius 2 is 1.79 bits per heavy atom. The van der Waals surface area contributed by atoms with Crippen LogP contribution in [-0.2, 0) is 32.0 Å². The molecule has 21 heteroatoms. The molecule has 0 saturated carbocycles. The van der Waals surface area contributed by atoms with Crippen molar-refractivity contribution in [2.75, 3.05) is 6.61 Å². The van der Waals surface area contributed by atoms with Crippen LogP contribution >= 0.6 is 15.6 Å². The van der Waals surface area contributed by atoms with Crippen molar-refractivity contribution in [3.8, 4) is 0 Å². The van der Waals surface area contributed by atoms with Gasteiger partial charge < -0.3 is 44.2 Å². The van der Waals surface area contributed by atoms with Crippen molar-refractivity contribution in [3.05, 3.63) is 33.1 Å². The number of nitrogens with zero attached hydrogens (tertiary/aromatic N) is 1. The highest BCUT2D eigenvalue weighted by molar-refractivity contribution is 7.59. The van der Waals surface area contributed by atoms with Crippen LogP contribution in [0.2, 0.25) is 0 Å². The van der Waals surface area contributed by atoms with Crippen molar-refractivity contribution in [1.29, 1.82) is 0 Å². The van der Waals surface area contributed by atoms with Gasteiger partial charge in [-0.3, -0.25) is 38.7 Å². The lowest BCUT2D eigenvalue weighted by Crippen LogP contribution is -2.89. The Morgan fingerprint density at radius 3 is 2.39 bits per heavy atom. The summed E-state index contributed by atoms with van der Waals surface area (Å²) in [6, 6.07) is -0.524. The van der Waals surface area contributed by atoms with Gasteiger partial charge in [0.2, 0.25) is 12.1 Å². The summed E-state index contributed by atoms with van der Waals surface area (Å²) in [5.74, 6) is -0.0211. The molecule has 38 heavy (non-hydrogen) atoms. The summed E-state index contributed by atoms with van der Waals surface area (Å²) in [6.07, 6.45) is -11.9. The smallest absolute Gasteiger partial charge is 0.330 e. The quantitative estimate of drug-likeness (QED) is 0.0800. The van der Waals surface area contributed by atoms with Gasteiger partial charge in [-0.15, -0.1) is 0 Å². The van der Waals surface area contributed by atoms with E-state index >= 15 is 0 Å². The first-order valence-electron chi connectivity index (χ1n) is 10.9. The summed E-state index contributed by atoms with van der Waals surface area (Å²) in [4.78, 5) is 52.0. The number of rotatable bonds is 9. The van der Waals surface area contributed by atoms with Crippen LogP contribution in [0.15, 0.2) is 21.9 Å². The van der Waals surface area contributed by atoms with E-state index in [9.17, 15) is 48.9 Å². The molecule has 2 fully saturated rings. The van der Waals surface area contributed by atoms with Crippen molar-refractivity contribution in [2.24, 2.45) is 5.73 Å². The predicted octanol–water partition coefficient (Wildman–Crippen LogP) is -6.56. The lowest BCUT2D eigenvalue weighted by molar-refractivity contribution is -0.559. The van der Waals surface area contributed by atoms with Crippen LogP contribution in [0.3, 0.4) is 0 Å². The molecule has 0 aliphatic carbocycles. The van der Waals surface area contributed by atoms with E-state index in [1.165, 1.54) is 13.8 Å². The normalized spacial score (nSPS) is 37.5. The number of aliphatic hydroxyl groups is 4. The Bertz CT molecular complexity index is 1230. The molecule has 1 aromatic heterocycles. The Balaban J connectivity index is 1.65. The standard InChI is InChI=1S/C17H28N4O15P2/c1-6-11(23)13(25)10(19-7(2)18)16(33-6)35-38(30,31)36-37(28,29)32-5-8-12(24)14(26)15(34-8)21-4-3-9(22)20-17(21)27/h3-4,6,8,10-16,23-26H,5H2,1-2H3,(H2,18,19)(H,28,29)(H,30,31)(H,20,22,27)/p-1/t6-,8+,10-,11+,12+,13-,14+,15+,16+/m0/s1. The first kappa shape index (κ1) is 30.7. The van der Waals surface area contributed by atoms with E-state index in [-0.39, 0.29) is 5.84 Å². The molecular formula is C17H27N4O15P2-. The molecule has 19 nitrogen and oxygen atoms in total. The fourth-order valence-electron chi connectivity index (χ4n) is 3.72. The molecule has 2 aliphatic rings. The third-order valence-electron chi connectivity index (χ3n) is 5.53. The number of nitrogens with two attached hydrogens (primary N) is 1. The molecule has 0 bridgehead atoms. The molecule has 11 atom stereocenters. The maximum atomic E-state index is 12.3. The van der Waals surface area contributed by atoms with Crippen LogP contribution in [0, 0.1) is 0 Å². The van der Waals surface area contributed by atoms with Crippen LogP contribution in [0.4, 0.5) is 0 Å². The summed E-state index contributed by atoms with van der Waals surface area (Å²) < 4.78 is 48.8. The first-order valence-corrected chi connectivity index (χ1v) is 13.8. The Hall–Kier alpha value is -1.83. The third-order valence-corrected chi connectivity index (χ3v) is 8.06. The number of nitrogens with one attached hydrogen (secondary N) is 2. The van der Waals surface area contributed by atoms with Crippen LogP contribution < -0.4 is 31.8 Å². The molecule has 3 rings (SSSR count). The Morgan fingerprint density at radius 1 is 1.13 bits per heavy atom. The second-order valence-corrected chi connectivity index (χ2v) is 11.4. The zero-order chi connectivity index (χ0) is 28.6. The number of phosphoric acid groups is 2. The van der Waals surface area contributed by atoms with Gasteiger partial charge in [-0.1, -0.05) is 0 Å². The maximum Gasteiger partial charge on any atom is 0.330 e. The predicted molar refractivity (Wildman–Crippen MR) is 117 cm³/mol. The van der Waals surface area contributed by atoms with E-state index < -0.39 is 88.7 Å². The van der Waals surface area contributed by atoms with Gasteiger partial charge >= 0.3 is 5.69 Å². The average Bonchev–Trinajstić information content (AvgIpc) is 3.06. The molecule has 2 saturated heterocycles. The summed E-state index contributed by atoms with van der Waals surface area (Å²) in [5.41, 5.74) is 3.76. The first-order chi connectivity index (χ1) is 17.5. The van der Waals surface area contributed by atoms with E-state index in [2.05, 4.69) is 18.4 Å². The van der Waals surface area contributed by atoms with Crippen molar-refractivity contribution in [1.82, 2.24) is 9.55 Å². The molecule has 3 heterocycles. The number of aromatic nitrogens is 2. The van der Waals surface area contributed by atoms with Gasteiger partial charge in [-0.2, -0.15) is 0 Å². The van der Waals surface area contributed by atoms with E-state index in [4.69, 9.17) is 15.2 Å². The van der Waals surface area contributed by atoms with Crippen LogP contribution in [0.5, 0.6) is 0 Å². The number of aliphatic hydroxyl groups excluding tert-OH is 4. The third kappa shape index (κ3) is 7.22. The molecule has 0 spiro atoms. The van der Waals surface area contributed by atoms with Crippen LogP contribution in [0.1, 0.15) is 20.1 Å². The van der Waals surface area contributed by atoms with Gasteiger partial charge in [0.15, 0.2) is 12.3 Å². The number of ether oxygens (including phenoxy) is 2. The summed E-state index contributed by atoms with van der Waals surface area (Å²) >= 11 is 0. The molecule has 8 N–H and O–H groups in total. The number of hydrogen-bond acceptors (Lipinski definition) is 15. The van der Waals surface area contributed by atoms with Gasteiger partial charge in [-0.25, -0.2) is 9.11 Å². The second kappa shape index (κ2) is 11.7. The van der Waals surface area contributed by atoms with Crippen molar-refractivity contribution in [2.45, 2.75) is 69.0 Å². The zero-order valence-corrected chi connectivity index (χ0v) is 21.5. The minimum atomic E-state index is -5.79. The van der Waals surface area contributed by atoms with Crippen LogP contribution in [-0.4, -0.2) is 91.4 Å². The Labute approximate surface area is 213 Å². The highest BCUT2D eigenvalue weighted by atomic mass is 31.3. The number of phosphoric ester groups is 2. The molecule has 1 aromatic rings. The zero-order valence-electron chi connectivity index (χ0n) is 19.8. The van der Waals surface area contributed by atoms with Crippen LogP contribution in [0.25, 0.3) is 0 Å². The highest BCUT2D eigenvalue weighted by Crippen LogP contribution is 2.56. The molecule has 0 radical (unpaired) electrons. The van der Waals surface area contributed by atoms with Gasteiger partial charge in [-0.05, 0) is 6.92 Å². The number of H-pyrrole nitrogens is 1. The highest BCUT2D eigenvalue weighted by Gasteiger charge is 2.47. The fraction of sp³-hybridized carbons (Fsp3) is 0.706. The van der Waals surface area contributed by atoms with Gasteiger partial charge in [0, 0.05) is 19.2 Å². The van der Waals surface area contributed by atoms with Crippen molar-refractivity contribution in [3.63, 3.8) is 0 Å². The molecule has 216 valence electrons. The molecule has 0 amide bonds. The molecule has 2 unspecified atom stereocenters. The average molecular weight is 589 g/mol. The maximum absolute atomic E-state index is 12.3. The molecule has 2 aliphatic heterocycles. The van der Waals surface area contributed by atoms with E-state index in [0.29, 0.717) is 0 Å². The molecule has 0 aromatic carbocycles. The summed E-state index contributed by atoms with van der Waals surface area (Å²) in [7, 11) is -11.5. The largest absolute Gasteiger partial charge is 0.756 e. The van der Waals surface area contributed by atoms with E-state index in [1.54, 1.807) is 0 Å². The van der Waals surface area contributed by atoms with E-state index in [0.717, 1.165) is 16.8 Å². The Kier molecular flexibility index (Phi) is 9.48. The minimum absolute atomic E-state index is 0.0211. The second-order valence-electron chi connectivity index (χ2n) is 8.48. The molecular weight excluding hydrogens is 562 g/mol. The monoisotopic (exact) mass is 589 g/mol. The number of amidine groups is 1. The lowest BCUT2D eigenvalue weighted by Gasteiger charge is -2.41. The van der Waals surface area contributed by atoms with Crippen molar-refractivity contribution >= 4 is 21.5 Å². The van der Waals surface area contributed by atoms with Gasteiger partial charge in [0.05, 0.1) is 12.7 Å². The van der Waals surface area contributed by atoms with E-state index in [1.807, 2.05) is 4.98 Å². The van der Waals surface area contributed by atoms with Gasteiger partial charge in [0.25, 0.3) is 21.2 Å². The topological polar surface area (TPSA) is 302 Å². The minimum Gasteiger partial charge on any atom is -0.756 e. The lowest BCUT2D eigenvalue weighted by atomic mass is 9.98.